The van der Waals surface area contributed by atoms with Gasteiger partial charge in [0.15, 0.2) is 0 Å². The Morgan fingerprint density at radius 1 is 0.933 bits per heavy atom. The van der Waals surface area contributed by atoms with Crippen LogP contribution >= 0.6 is 0 Å². The normalized spacial score (nSPS) is 10.6. The van der Waals surface area contributed by atoms with Gasteiger partial charge < -0.3 is 15.4 Å². The van der Waals surface area contributed by atoms with Gasteiger partial charge >= 0.3 is 5.69 Å². The predicted molar refractivity (Wildman–Crippen MR) is 115 cm³/mol. The Morgan fingerprint density at radius 2 is 1.63 bits per heavy atom. The Balaban J connectivity index is 1.78. The van der Waals surface area contributed by atoms with Crippen molar-refractivity contribution in [3.63, 3.8) is 0 Å². The number of benzene rings is 2. The van der Waals surface area contributed by atoms with Crippen LogP contribution < -0.4 is 15.4 Å². The number of pyridine rings is 1. The van der Waals surface area contributed by atoms with Crippen LogP contribution in [0.1, 0.15) is 5.69 Å². The maximum atomic E-state index is 11.9. The Kier molecular flexibility index (Phi) is 5.08. The number of ether oxygens (including phenoxy) is 1. The summed E-state index contributed by atoms with van der Waals surface area (Å²) < 4.78 is 5.30. The van der Waals surface area contributed by atoms with Crippen molar-refractivity contribution in [2.24, 2.45) is 0 Å². The van der Waals surface area contributed by atoms with Crippen LogP contribution in [0.25, 0.3) is 10.9 Å². The number of aromatic nitrogens is 3. The molecule has 9 nitrogen and oxygen atoms in total. The number of rotatable bonds is 6. The summed E-state index contributed by atoms with van der Waals surface area (Å²) in [4.78, 5) is 24.1. The van der Waals surface area contributed by atoms with E-state index in [2.05, 4.69) is 25.6 Å². The van der Waals surface area contributed by atoms with E-state index in [0.29, 0.717) is 22.6 Å². The monoisotopic (exact) mass is 402 g/mol. The number of hydrogen-bond donors (Lipinski definition) is 2. The van der Waals surface area contributed by atoms with Crippen molar-refractivity contribution in [2.45, 2.75) is 6.92 Å². The number of anilines is 4. The topological polar surface area (TPSA) is 115 Å². The Hall–Kier alpha value is -4.27. The van der Waals surface area contributed by atoms with E-state index in [4.69, 9.17) is 4.74 Å². The minimum Gasteiger partial charge on any atom is -0.495 e. The van der Waals surface area contributed by atoms with E-state index in [1.165, 1.54) is 13.4 Å². The van der Waals surface area contributed by atoms with E-state index in [9.17, 15) is 10.1 Å². The van der Waals surface area contributed by atoms with Crippen LogP contribution in [0.5, 0.6) is 5.75 Å². The number of fused-ring (bicyclic) bond motifs is 1. The highest BCUT2D eigenvalue weighted by Crippen LogP contribution is 2.36. The van der Waals surface area contributed by atoms with E-state index in [1.54, 1.807) is 30.3 Å². The summed E-state index contributed by atoms with van der Waals surface area (Å²) in [6.45, 7) is 1.89. The fourth-order valence-corrected chi connectivity index (χ4v) is 3.08. The molecule has 150 valence electrons. The van der Waals surface area contributed by atoms with Gasteiger partial charge in [0.1, 0.15) is 12.1 Å². The number of nitrogens with one attached hydrogen (secondary N) is 2. The zero-order valence-corrected chi connectivity index (χ0v) is 16.3. The number of nitro groups is 1. The lowest BCUT2D eigenvalue weighted by Crippen LogP contribution is -2.06. The third kappa shape index (κ3) is 3.68. The van der Waals surface area contributed by atoms with Crippen LogP contribution in [-0.4, -0.2) is 27.0 Å². The van der Waals surface area contributed by atoms with Crippen molar-refractivity contribution in [3.8, 4) is 5.75 Å². The summed E-state index contributed by atoms with van der Waals surface area (Å²) in [5, 5.41) is 18.8. The molecule has 0 bridgehead atoms. The Bertz CT molecular complexity index is 1240. The van der Waals surface area contributed by atoms with Gasteiger partial charge in [-0.05, 0) is 31.2 Å². The van der Waals surface area contributed by atoms with Crippen LogP contribution in [0, 0.1) is 17.0 Å². The minimum absolute atomic E-state index is 0.0476. The van der Waals surface area contributed by atoms with Crippen LogP contribution in [0.15, 0.2) is 60.9 Å². The number of aryl methyl sites for hydroxylation is 1. The van der Waals surface area contributed by atoms with Crippen molar-refractivity contribution in [1.82, 2.24) is 15.0 Å². The molecule has 30 heavy (non-hydrogen) atoms. The first-order chi connectivity index (χ1) is 14.6. The average Bonchev–Trinajstić information content (AvgIpc) is 2.74. The third-order valence-electron chi connectivity index (χ3n) is 4.48. The fourth-order valence-electron chi connectivity index (χ4n) is 3.08. The molecule has 0 saturated heterocycles. The van der Waals surface area contributed by atoms with Crippen LogP contribution in [-0.2, 0) is 0 Å². The van der Waals surface area contributed by atoms with Gasteiger partial charge in [0.25, 0.3) is 0 Å². The number of para-hydroxylation sites is 3. The van der Waals surface area contributed by atoms with Gasteiger partial charge in [-0.1, -0.05) is 30.3 Å². The molecule has 0 spiro atoms. The standard InChI is InChI=1S/C21H18N6O3/c1-13-10-11-14-6-5-8-16(18(14)24-13)26-21-19(27(28)29)20(22-12-23-21)25-15-7-3-4-9-17(15)30-2/h3-12H,1-2H3,(H2,22,23,25,26). The lowest BCUT2D eigenvalue weighted by Gasteiger charge is -2.13. The zero-order chi connectivity index (χ0) is 21.1. The summed E-state index contributed by atoms with van der Waals surface area (Å²) in [6, 6.07) is 16.5. The molecule has 2 aromatic heterocycles. The first-order valence-electron chi connectivity index (χ1n) is 9.09. The van der Waals surface area contributed by atoms with Gasteiger partial charge in [-0.3, -0.25) is 15.1 Å². The van der Waals surface area contributed by atoms with Gasteiger partial charge in [0.05, 0.1) is 28.9 Å². The SMILES string of the molecule is COc1ccccc1Nc1ncnc(Nc2cccc3ccc(C)nc23)c1[N+](=O)[O-]. The van der Waals surface area contributed by atoms with E-state index >= 15 is 0 Å². The molecule has 0 amide bonds. The number of nitrogens with zero attached hydrogens (tertiary/aromatic N) is 4. The Labute approximate surface area is 171 Å². The van der Waals surface area contributed by atoms with Crippen molar-refractivity contribution < 1.29 is 9.66 Å². The first-order valence-corrected chi connectivity index (χ1v) is 9.09. The van der Waals surface area contributed by atoms with E-state index in [1.807, 2.05) is 31.2 Å². The maximum Gasteiger partial charge on any atom is 0.353 e. The van der Waals surface area contributed by atoms with Crippen molar-refractivity contribution in [2.75, 3.05) is 17.7 Å². The van der Waals surface area contributed by atoms with Crippen LogP contribution in [0.2, 0.25) is 0 Å². The second-order valence-electron chi connectivity index (χ2n) is 6.46. The van der Waals surface area contributed by atoms with Crippen molar-refractivity contribution in [1.29, 1.82) is 0 Å². The smallest absolute Gasteiger partial charge is 0.353 e. The summed E-state index contributed by atoms with van der Waals surface area (Å²) in [6.07, 6.45) is 1.26. The summed E-state index contributed by atoms with van der Waals surface area (Å²) in [5.41, 5.74) is 2.42. The quantitative estimate of drug-likeness (QED) is 0.351. The van der Waals surface area contributed by atoms with Crippen molar-refractivity contribution >= 4 is 39.6 Å². The molecule has 2 heterocycles. The average molecular weight is 402 g/mol. The molecule has 4 rings (SSSR count). The van der Waals surface area contributed by atoms with E-state index < -0.39 is 4.92 Å². The van der Waals surface area contributed by atoms with Gasteiger partial charge in [-0.25, -0.2) is 9.97 Å². The molecule has 0 atom stereocenters. The van der Waals surface area contributed by atoms with Gasteiger partial charge in [0, 0.05) is 11.1 Å². The molecule has 4 aromatic rings. The third-order valence-corrected chi connectivity index (χ3v) is 4.48. The first kappa shape index (κ1) is 19.1. The van der Waals surface area contributed by atoms with E-state index in [0.717, 1.165) is 11.1 Å². The van der Waals surface area contributed by atoms with Gasteiger partial charge in [-0.2, -0.15) is 0 Å². The molecule has 0 aliphatic carbocycles. The maximum absolute atomic E-state index is 11.9. The molecular weight excluding hydrogens is 384 g/mol. The molecule has 2 aromatic carbocycles. The van der Waals surface area contributed by atoms with Crippen molar-refractivity contribution in [3.05, 3.63) is 76.7 Å². The molecule has 0 saturated carbocycles. The second kappa shape index (κ2) is 8.00. The van der Waals surface area contributed by atoms with Gasteiger partial charge in [0.2, 0.25) is 11.6 Å². The lowest BCUT2D eigenvalue weighted by atomic mass is 10.1. The molecule has 2 N–H and O–H groups in total. The fraction of sp³-hybridized carbons (Fsp3) is 0.0952. The minimum atomic E-state index is -0.524. The molecule has 9 heteroatoms. The van der Waals surface area contributed by atoms with Crippen LogP contribution in [0.3, 0.4) is 0 Å². The van der Waals surface area contributed by atoms with Crippen LogP contribution in [0.4, 0.5) is 28.7 Å². The lowest BCUT2D eigenvalue weighted by molar-refractivity contribution is -0.383. The van der Waals surface area contributed by atoms with Gasteiger partial charge in [-0.15, -0.1) is 0 Å². The summed E-state index contributed by atoms with van der Waals surface area (Å²) in [7, 11) is 1.53. The molecular formula is C21H18N6O3. The molecule has 0 fully saturated rings. The highest BCUT2D eigenvalue weighted by atomic mass is 16.6. The molecule has 0 aliphatic heterocycles. The molecule has 0 aliphatic rings. The highest BCUT2D eigenvalue weighted by molar-refractivity contribution is 5.93. The highest BCUT2D eigenvalue weighted by Gasteiger charge is 2.24. The number of methoxy groups -OCH3 is 1. The molecule has 0 radical (unpaired) electrons. The zero-order valence-electron chi connectivity index (χ0n) is 16.3. The van der Waals surface area contributed by atoms with E-state index in [-0.39, 0.29) is 17.3 Å². The second-order valence-corrected chi connectivity index (χ2v) is 6.46. The predicted octanol–water partition coefficient (Wildman–Crippen LogP) is 4.74. The largest absolute Gasteiger partial charge is 0.495 e. The molecule has 0 unspecified atom stereocenters. The summed E-state index contributed by atoms with van der Waals surface area (Å²) in [5.74, 6) is 0.642. The summed E-state index contributed by atoms with van der Waals surface area (Å²) >= 11 is 0. The number of hydrogen-bond acceptors (Lipinski definition) is 8. The Morgan fingerprint density at radius 3 is 2.37 bits per heavy atom.